The van der Waals surface area contributed by atoms with Crippen LogP contribution in [0.4, 0.5) is 4.39 Å². The van der Waals surface area contributed by atoms with Crippen LogP contribution in [0.5, 0.6) is 0 Å². The molecule has 2 aromatic rings. The molecule has 0 spiro atoms. The van der Waals surface area contributed by atoms with Crippen molar-refractivity contribution in [3.63, 3.8) is 0 Å². The second kappa shape index (κ2) is 9.56. The summed E-state index contributed by atoms with van der Waals surface area (Å²) in [6, 6.07) is 14.0. The third-order valence-electron chi connectivity index (χ3n) is 3.91. The molecule has 0 aliphatic carbocycles. The summed E-state index contributed by atoms with van der Waals surface area (Å²) >= 11 is 0. The SMILES string of the molecule is CN=C(NCCc1ccc(F)cc1)NCc1ccc(C(=O)N(C)C)cc1. The van der Waals surface area contributed by atoms with Crippen molar-refractivity contribution in [2.75, 3.05) is 27.7 Å². The van der Waals surface area contributed by atoms with Crippen LogP contribution in [0.15, 0.2) is 53.5 Å². The average Bonchev–Trinajstić information content (AvgIpc) is 2.65. The topological polar surface area (TPSA) is 56.7 Å². The van der Waals surface area contributed by atoms with Crippen molar-refractivity contribution in [3.05, 3.63) is 71.0 Å². The maximum absolute atomic E-state index is 12.9. The fourth-order valence-corrected chi connectivity index (χ4v) is 2.41. The van der Waals surface area contributed by atoms with Gasteiger partial charge >= 0.3 is 0 Å². The molecule has 0 atom stereocenters. The van der Waals surface area contributed by atoms with E-state index in [0.29, 0.717) is 24.6 Å². The summed E-state index contributed by atoms with van der Waals surface area (Å²) in [4.78, 5) is 17.6. The predicted molar refractivity (Wildman–Crippen MR) is 103 cm³/mol. The third-order valence-corrected chi connectivity index (χ3v) is 3.91. The van der Waals surface area contributed by atoms with Gasteiger partial charge in [0.25, 0.3) is 5.91 Å². The Morgan fingerprint density at radius 1 is 1.00 bits per heavy atom. The van der Waals surface area contributed by atoms with Gasteiger partial charge in [0.15, 0.2) is 5.96 Å². The molecule has 26 heavy (non-hydrogen) atoms. The lowest BCUT2D eigenvalue weighted by Gasteiger charge is -2.13. The van der Waals surface area contributed by atoms with Crippen LogP contribution in [0.25, 0.3) is 0 Å². The summed E-state index contributed by atoms with van der Waals surface area (Å²) in [5, 5.41) is 6.47. The minimum absolute atomic E-state index is 0.0113. The van der Waals surface area contributed by atoms with Gasteiger partial charge in [-0.1, -0.05) is 24.3 Å². The number of amides is 1. The Balaban J connectivity index is 1.79. The van der Waals surface area contributed by atoms with E-state index in [0.717, 1.165) is 17.5 Å². The lowest BCUT2D eigenvalue weighted by Crippen LogP contribution is -2.37. The number of aliphatic imine (C=N–C) groups is 1. The van der Waals surface area contributed by atoms with E-state index in [2.05, 4.69) is 15.6 Å². The van der Waals surface area contributed by atoms with Gasteiger partial charge in [-0.25, -0.2) is 4.39 Å². The van der Waals surface area contributed by atoms with Gasteiger partial charge in [-0.05, 0) is 41.8 Å². The highest BCUT2D eigenvalue weighted by atomic mass is 19.1. The molecule has 0 unspecified atom stereocenters. The van der Waals surface area contributed by atoms with E-state index < -0.39 is 0 Å². The van der Waals surface area contributed by atoms with Crippen LogP contribution in [0, 0.1) is 5.82 Å². The fraction of sp³-hybridized carbons (Fsp3) is 0.300. The summed E-state index contributed by atoms with van der Waals surface area (Å²) < 4.78 is 12.9. The summed E-state index contributed by atoms with van der Waals surface area (Å²) in [7, 11) is 5.19. The number of rotatable bonds is 6. The Morgan fingerprint density at radius 2 is 1.62 bits per heavy atom. The fourth-order valence-electron chi connectivity index (χ4n) is 2.41. The number of nitrogens with one attached hydrogen (secondary N) is 2. The number of guanidine groups is 1. The van der Waals surface area contributed by atoms with Crippen LogP contribution in [-0.2, 0) is 13.0 Å². The first kappa shape index (κ1) is 19.4. The smallest absolute Gasteiger partial charge is 0.253 e. The standard InChI is InChI=1S/C20H25FN4O/c1-22-20(23-13-12-15-6-10-18(21)11-7-15)24-14-16-4-8-17(9-5-16)19(26)25(2)3/h4-11H,12-14H2,1-3H3,(H2,22,23,24). The van der Waals surface area contributed by atoms with E-state index in [1.165, 1.54) is 12.1 Å². The number of hydrogen-bond donors (Lipinski definition) is 2. The molecule has 2 N–H and O–H groups in total. The third kappa shape index (κ3) is 5.88. The van der Waals surface area contributed by atoms with E-state index in [1.807, 2.05) is 24.3 Å². The Hall–Kier alpha value is -2.89. The number of hydrogen-bond acceptors (Lipinski definition) is 2. The lowest BCUT2D eigenvalue weighted by molar-refractivity contribution is 0.0827. The molecule has 0 heterocycles. The van der Waals surface area contributed by atoms with Crippen LogP contribution >= 0.6 is 0 Å². The molecule has 0 aliphatic rings. The zero-order valence-electron chi connectivity index (χ0n) is 15.4. The average molecular weight is 356 g/mol. The van der Waals surface area contributed by atoms with Gasteiger partial charge in [0, 0.05) is 39.8 Å². The van der Waals surface area contributed by atoms with Gasteiger partial charge in [-0.15, -0.1) is 0 Å². The van der Waals surface area contributed by atoms with Crippen molar-refractivity contribution in [1.29, 1.82) is 0 Å². The highest BCUT2D eigenvalue weighted by molar-refractivity contribution is 5.93. The van der Waals surface area contributed by atoms with E-state index in [1.54, 1.807) is 38.2 Å². The molecule has 1 amide bonds. The van der Waals surface area contributed by atoms with Crippen molar-refractivity contribution in [1.82, 2.24) is 15.5 Å². The van der Waals surface area contributed by atoms with Gasteiger partial charge in [0.2, 0.25) is 0 Å². The molecular weight excluding hydrogens is 331 g/mol. The zero-order chi connectivity index (χ0) is 18.9. The molecule has 0 fully saturated rings. The summed E-state index contributed by atoms with van der Waals surface area (Å²) in [5.41, 5.74) is 2.79. The first-order chi connectivity index (χ1) is 12.5. The quantitative estimate of drug-likeness (QED) is 0.617. The zero-order valence-corrected chi connectivity index (χ0v) is 15.4. The van der Waals surface area contributed by atoms with Gasteiger partial charge in [0.05, 0.1) is 0 Å². The number of carbonyl (C=O) groups is 1. The molecule has 0 bridgehead atoms. The van der Waals surface area contributed by atoms with E-state index in [4.69, 9.17) is 0 Å². The highest BCUT2D eigenvalue weighted by Gasteiger charge is 2.07. The molecule has 0 saturated carbocycles. The molecule has 0 saturated heterocycles. The number of benzene rings is 2. The Kier molecular flexibility index (Phi) is 7.14. The number of nitrogens with zero attached hydrogens (tertiary/aromatic N) is 2. The second-order valence-electron chi connectivity index (χ2n) is 6.13. The molecule has 2 rings (SSSR count). The van der Waals surface area contributed by atoms with Crippen molar-refractivity contribution >= 4 is 11.9 Å². The van der Waals surface area contributed by atoms with E-state index in [9.17, 15) is 9.18 Å². The monoisotopic (exact) mass is 356 g/mol. The van der Waals surface area contributed by atoms with Gasteiger partial charge in [-0.3, -0.25) is 9.79 Å². The van der Waals surface area contributed by atoms with Crippen molar-refractivity contribution in [3.8, 4) is 0 Å². The van der Waals surface area contributed by atoms with Crippen LogP contribution in [0.2, 0.25) is 0 Å². The molecule has 0 aliphatic heterocycles. The molecule has 0 aromatic heterocycles. The number of halogens is 1. The van der Waals surface area contributed by atoms with Crippen molar-refractivity contribution < 1.29 is 9.18 Å². The van der Waals surface area contributed by atoms with Crippen molar-refractivity contribution in [2.24, 2.45) is 4.99 Å². The Labute approximate surface area is 153 Å². The maximum atomic E-state index is 12.9. The first-order valence-corrected chi connectivity index (χ1v) is 8.49. The highest BCUT2D eigenvalue weighted by Crippen LogP contribution is 2.06. The maximum Gasteiger partial charge on any atom is 0.253 e. The van der Waals surface area contributed by atoms with Crippen LogP contribution in [-0.4, -0.2) is 44.5 Å². The molecule has 138 valence electrons. The van der Waals surface area contributed by atoms with Crippen LogP contribution < -0.4 is 10.6 Å². The van der Waals surface area contributed by atoms with Crippen LogP contribution in [0.3, 0.4) is 0 Å². The summed E-state index contributed by atoms with van der Waals surface area (Å²) in [6.45, 7) is 1.30. The van der Waals surface area contributed by atoms with Crippen LogP contribution in [0.1, 0.15) is 21.5 Å². The predicted octanol–water partition coefficient (Wildman–Crippen LogP) is 2.44. The van der Waals surface area contributed by atoms with E-state index >= 15 is 0 Å². The summed E-state index contributed by atoms with van der Waals surface area (Å²) in [5.74, 6) is 0.459. The minimum Gasteiger partial charge on any atom is -0.356 e. The van der Waals surface area contributed by atoms with Gasteiger partial charge in [-0.2, -0.15) is 0 Å². The molecule has 5 nitrogen and oxygen atoms in total. The first-order valence-electron chi connectivity index (χ1n) is 8.49. The second-order valence-corrected chi connectivity index (χ2v) is 6.13. The lowest BCUT2D eigenvalue weighted by atomic mass is 10.1. The molecule has 6 heteroatoms. The normalized spacial score (nSPS) is 11.2. The molecule has 2 aromatic carbocycles. The largest absolute Gasteiger partial charge is 0.356 e. The molecular formula is C20H25FN4O. The van der Waals surface area contributed by atoms with E-state index in [-0.39, 0.29) is 11.7 Å². The van der Waals surface area contributed by atoms with Crippen molar-refractivity contribution in [2.45, 2.75) is 13.0 Å². The van der Waals surface area contributed by atoms with Gasteiger partial charge in [0.1, 0.15) is 5.82 Å². The minimum atomic E-state index is -0.225. The number of carbonyl (C=O) groups excluding carboxylic acids is 1. The summed E-state index contributed by atoms with van der Waals surface area (Å²) in [6.07, 6.45) is 0.780. The Bertz CT molecular complexity index is 739. The molecule has 0 radical (unpaired) electrons. The van der Waals surface area contributed by atoms with Gasteiger partial charge < -0.3 is 15.5 Å². The Morgan fingerprint density at radius 3 is 2.19 bits per heavy atom.